The van der Waals surface area contributed by atoms with Gasteiger partial charge in [-0.05, 0) is 54.8 Å². The number of hydrogen-bond donors (Lipinski definition) is 2. The van der Waals surface area contributed by atoms with Crippen LogP contribution in [-0.4, -0.2) is 40.4 Å². The maximum absolute atomic E-state index is 12.4. The quantitative estimate of drug-likeness (QED) is 0.790. The van der Waals surface area contributed by atoms with Crippen LogP contribution in [0.5, 0.6) is 0 Å². The van der Waals surface area contributed by atoms with Crippen molar-refractivity contribution in [3.8, 4) is 0 Å². The van der Waals surface area contributed by atoms with E-state index in [1.807, 2.05) is 41.5 Å². The van der Waals surface area contributed by atoms with Gasteiger partial charge in [0.2, 0.25) is 0 Å². The molecule has 6 heteroatoms. The van der Waals surface area contributed by atoms with Crippen LogP contribution in [0.25, 0.3) is 0 Å². The van der Waals surface area contributed by atoms with Crippen LogP contribution in [0.4, 0.5) is 4.79 Å². The first-order chi connectivity index (χ1) is 12.7. The lowest BCUT2D eigenvalue weighted by Crippen LogP contribution is -2.45. The molecule has 1 fully saturated rings. The van der Waals surface area contributed by atoms with Crippen molar-refractivity contribution >= 4 is 17.8 Å². The van der Waals surface area contributed by atoms with E-state index >= 15 is 0 Å². The van der Waals surface area contributed by atoms with Gasteiger partial charge in [-0.3, -0.25) is 4.98 Å². The molecule has 1 aliphatic rings. The molecule has 1 aromatic heterocycles. The number of aliphatic hydroxyl groups is 1. The van der Waals surface area contributed by atoms with E-state index < -0.39 is 6.10 Å². The van der Waals surface area contributed by atoms with Gasteiger partial charge in [0.1, 0.15) is 0 Å². The van der Waals surface area contributed by atoms with Crippen molar-refractivity contribution in [3.63, 3.8) is 0 Å². The van der Waals surface area contributed by atoms with Crippen LogP contribution < -0.4 is 5.32 Å². The minimum atomic E-state index is -0.560. The summed E-state index contributed by atoms with van der Waals surface area (Å²) in [6, 6.07) is 13.7. The second-order valence-electron chi connectivity index (χ2n) is 6.53. The van der Waals surface area contributed by atoms with Gasteiger partial charge in [-0.2, -0.15) is 0 Å². The SMILES string of the molecule is CSc1cccc(CNC(=O)N2CCC([C@H](O)c3ccccn3)CC2)c1. The number of aliphatic hydroxyl groups excluding tert-OH is 1. The van der Waals surface area contributed by atoms with Crippen LogP contribution in [0, 0.1) is 5.92 Å². The smallest absolute Gasteiger partial charge is 0.317 e. The molecule has 1 atom stereocenters. The summed E-state index contributed by atoms with van der Waals surface area (Å²) in [6.07, 6.45) is 4.75. The van der Waals surface area contributed by atoms with Crippen LogP contribution in [0.3, 0.4) is 0 Å². The average molecular weight is 372 g/mol. The first kappa shape index (κ1) is 18.7. The Morgan fingerprint density at radius 3 is 2.81 bits per heavy atom. The van der Waals surface area contributed by atoms with Crippen LogP contribution in [0.2, 0.25) is 0 Å². The van der Waals surface area contributed by atoms with Gasteiger partial charge in [-0.15, -0.1) is 11.8 Å². The molecule has 1 saturated heterocycles. The molecule has 2 aromatic rings. The number of rotatable bonds is 5. The summed E-state index contributed by atoms with van der Waals surface area (Å²) in [7, 11) is 0. The lowest BCUT2D eigenvalue weighted by molar-refractivity contribution is 0.0635. The summed E-state index contributed by atoms with van der Waals surface area (Å²) < 4.78 is 0. The molecular weight excluding hydrogens is 346 g/mol. The molecule has 0 bridgehead atoms. The molecule has 2 N–H and O–H groups in total. The number of pyridine rings is 1. The standard InChI is InChI=1S/C20H25N3O2S/c1-26-17-6-4-5-15(13-17)14-22-20(25)23-11-8-16(9-12-23)19(24)18-7-2-3-10-21-18/h2-7,10,13,16,19,24H,8-9,11-12,14H2,1H3,(H,22,25)/t19-/m0/s1. The maximum atomic E-state index is 12.4. The van der Waals surface area contributed by atoms with Crippen molar-refractivity contribution in [1.29, 1.82) is 0 Å². The number of carbonyl (C=O) groups is 1. The van der Waals surface area contributed by atoms with Crippen molar-refractivity contribution in [3.05, 3.63) is 59.9 Å². The normalized spacial score (nSPS) is 16.3. The highest BCUT2D eigenvalue weighted by Gasteiger charge is 2.28. The monoisotopic (exact) mass is 371 g/mol. The van der Waals surface area contributed by atoms with Crippen LogP contribution in [0.1, 0.15) is 30.2 Å². The molecule has 26 heavy (non-hydrogen) atoms. The zero-order valence-corrected chi connectivity index (χ0v) is 15.8. The molecule has 0 radical (unpaired) electrons. The molecule has 5 nitrogen and oxygen atoms in total. The second-order valence-corrected chi connectivity index (χ2v) is 7.41. The zero-order chi connectivity index (χ0) is 18.4. The van der Waals surface area contributed by atoms with Gasteiger partial charge in [0.15, 0.2) is 0 Å². The van der Waals surface area contributed by atoms with E-state index in [1.54, 1.807) is 18.0 Å². The van der Waals surface area contributed by atoms with Gasteiger partial charge >= 0.3 is 6.03 Å². The largest absolute Gasteiger partial charge is 0.387 e. The Kier molecular flexibility index (Phi) is 6.52. The first-order valence-corrected chi connectivity index (χ1v) is 10.1. The van der Waals surface area contributed by atoms with E-state index in [4.69, 9.17) is 0 Å². The van der Waals surface area contributed by atoms with E-state index in [2.05, 4.69) is 22.4 Å². The van der Waals surface area contributed by atoms with Crippen molar-refractivity contribution in [2.45, 2.75) is 30.4 Å². The minimum absolute atomic E-state index is 0.0367. The van der Waals surface area contributed by atoms with E-state index in [-0.39, 0.29) is 11.9 Å². The molecule has 138 valence electrons. The van der Waals surface area contributed by atoms with E-state index in [1.165, 1.54) is 4.90 Å². The Bertz CT molecular complexity index is 718. The number of thioether (sulfide) groups is 1. The first-order valence-electron chi connectivity index (χ1n) is 8.92. The van der Waals surface area contributed by atoms with Crippen molar-refractivity contribution in [2.75, 3.05) is 19.3 Å². The predicted octanol–water partition coefficient (Wildman–Crippen LogP) is 3.46. The van der Waals surface area contributed by atoms with E-state index in [0.717, 1.165) is 18.4 Å². The van der Waals surface area contributed by atoms with E-state index in [9.17, 15) is 9.90 Å². The van der Waals surface area contributed by atoms with Gasteiger partial charge in [-0.1, -0.05) is 18.2 Å². The summed E-state index contributed by atoms with van der Waals surface area (Å²) in [5, 5.41) is 13.5. The Morgan fingerprint density at radius 1 is 1.31 bits per heavy atom. The molecule has 0 saturated carbocycles. The zero-order valence-electron chi connectivity index (χ0n) is 15.0. The molecule has 2 heterocycles. The lowest BCUT2D eigenvalue weighted by Gasteiger charge is -2.34. The third-order valence-corrected chi connectivity index (χ3v) is 5.57. The third-order valence-electron chi connectivity index (χ3n) is 4.84. The number of aromatic nitrogens is 1. The molecule has 0 aliphatic carbocycles. The summed E-state index contributed by atoms with van der Waals surface area (Å²) in [4.78, 5) is 19.7. The van der Waals surface area contributed by atoms with Crippen molar-refractivity contribution in [2.24, 2.45) is 5.92 Å². The lowest BCUT2D eigenvalue weighted by atomic mass is 9.89. The topological polar surface area (TPSA) is 65.5 Å². The number of benzene rings is 1. The number of nitrogens with one attached hydrogen (secondary N) is 1. The Balaban J connectivity index is 1.47. The molecule has 2 amide bonds. The van der Waals surface area contributed by atoms with Crippen LogP contribution >= 0.6 is 11.8 Å². The summed E-state index contributed by atoms with van der Waals surface area (Å²) >= 11 is 1.69. The Labute approximate surface area is 158 Å². The summed E-state index contributed by atoms with van der Waals surface area (Å²) in [5.41, 5.74) is 1.81. The highest BCUT2D eigenvalue weighted by Crippen LogP contribution is 2.29. The molecule has 3 rings (SSSR count). The number of likely N-dealkylation sites (tertiary alicyclic amines) is 1. The van der Waals surface area contributed by atoms with Gasteiger partial charge in [0.25, 0.3) is 0 Å². The molecule has 0 spiro atoms. The number of nitrogens with zero attached hydrogens (tertiary/aromatic N) is 2. The Hall–Kier alpha value is -2.05. The summed E-state index contributed by atoms with van der Waals surface area (Å²) in [6.45, 7) is 1.85. The second kappa shape index (κ2) is 9.05. The Morgan fingerprint density at radius 2 is 2.12 bits per heavy atom. The highest BCUT2D eigenvalue weighted by molar-refractivity contribution is 7.98. The van der Waals surface area contributed by atoms with Gasteiger partial charge in [0, 0.05) is 30.7 Å². The van der Waals surface area contributed by atoms with Gasteiger partial charge in [0.05, 0.1) is 11.8 Å². The third kappa shape index (κ3) is 4.77. The van der Waals surface area contributed by atoms with Gasteiger partial charge in [-0.25, -0.2) is 4.79 Å². The molecular formula is C20H25N3O2S. The van der Waals surface area contributed by atoms with E-state index in [0.29, 0.717) is 25.3 Å². The number of hydrogen-bond acceptors (Lipinski definition) is 4. The minimum Gasteiger partial charge on any atom is -0.387 e. The van der Waals surface area contributed by atoms with Crippen molar-refractivity contribution in [1.82, 2.24) is 15.2 Å². The number of amides is 2. The fourth-order valence-corrected chi connectivity index (χ4v) is 3.77. The maximum Gasteiger partial charge on any atom is 0.317 e. The number of piperidine rings is 1. The van der Waals surface area contributed by atoms with Crippen molar-refractivity contribution < 1.29 is 9.90 Å². The average Bonchev–Trinajstić information content (AvgIpc) is 2.72. The molecule has 1 aliphatic heterocycles. The predicted molar refractivity (Wildman–Crippen MR) is 104 cm³/mol. The number of urea groups is 1. The summed E-state index contributed by atoms with van der Waals surface area (Å²) in [5.74, 6) is 0.146. The number of carbonyl (C=O) groups excluding carboxylic acids is 1. The van der Waals surface area contributed by atoms with Crippen LogP contribution in [0.15, 0.2) is 53.6 Å². The van der Waals surface area contributed by atoms with Gasteiger partial charge < -0.3 is 15.3 Å². The fraction of sp³-hybridized carbons (Fsp3) is 0.400. The van der Waals surface area contributed by atoms with Crippen LogP contribution in [-0.2, 0) is 6.54 Å². The molecule has 1 aromatic carbocycles. The highest BCUT2D eigenvalue weighted by atomic mass is 32.2. The fourth-order valence-electron chi connectivity index (χ4n) is 3.28. The molecule has 0 unspecified atom stereocenters.